The summed E-state index contributed by atoms with van der Waals surface area (Å²) < 4.78 is 16.8. The van der Waals surface area contributed by atoms with E-state index in [1.165, 1.54) is 4.57 Å². The minimum absolute atomic E-state index is 0.0850. The Morgan fingerprint density at radius 3 is 2.47 bits per heavy atom. The van der Waals surface area contributed by atoms with Gasteiger partial charge in [0.15, 0.2) is 5.65 Å². The summed E-state index contributed by atoms with van der Waals surface area (Å²) in [5.74, 6) is 0.601. The van der Waals surface area contributed by atoms with Gasteiger partial charge in [0.2, 0.25) is 0 Å². The van der Waals surface area contributed by atoms with Crippen molar-refractivity contribution in [2.45, 2.75) is 52.1 Å². The van der Waals surface area contributed by atoms with Gasteiger partial charge in [-0.15, -0.1) is 0 Å². The summed E-state index contributed by atoms with van der Waals surface area (Å²) in [7, 11) is 1.66. The zero-order valence-corrected chi connectivity index (χ0v) is 20.3. The van der Waals surface area contributed by atoms with Gasteiger partial charge in [0.25, 0.3) is 5.56 Å². The van der Waals surface area contributed by atoms with Crippen LogP contribution in [-0.4, -0.2) is 42.3 Å². The first-order valence-electron chi connectivity index (χ1n) is 11.6. The Morgan fingerprint density at radius 1 is 1.12 bits per heavy atom. The van der Waals surface area contributed by atoms with Gasteiger partial charge in [-0.25, -0.2) is 4.68 Å². The van der Waals surface area contributed by atoms with E-state index in [4.69, 9.17) is 9.47 Å². The van der Waals surface area contributed by atoms with Crippen molar-refractivity contribution in [1.82, 2.24) is 29.1 Å². The minimum atomic E-state index is -0.180. The van der Waals surface area contributed by atoms with Gasteiger partial charge in [-0.2, -0.15) is 15.2 Å². The van der Waals surface area contributed by atoms with Gasteiger partial charge in [-0.05, 0) is 58.2 Å². The Bertz CT molecular complexity index is 1390. The molecule has 1 aliphatic rings. The van der Waals surface area contributed by atoms with E-state index in [1.807, 2.05) is 40.6 Å². The van der Waals surface area contributed by atoms with Crippen LogP contribution in [0.1, 0.15) is 45.3 Å². The van der Waals surface area contributed by atoms with Crippen molar-refractivity contribution in [2.24, 2.45) is 7.05 Å². The van der Waals surface area contributed by atoms with Crippen LogP contribution in [0, 0.1) is 6.92 Å². The largest absolute Gasteiger partial charge is 0.425 e. The zero-order chi connectivity index (χ0) is 24.0. The summed E-state index contributed by atoms with van der Waals surface area (Å²) in [5, 5.41) is 9.61. The quantitative estimate of drug-likeness (QED) is 0.452. The molecule has 0 atom stereocenters. The molecule has 5 rings (SSSR count). The monoisotopic (exact) mass is 462 g/mol. The van der Waals surface area contributed by atoms with Crippen LogP contribution in [0.4, 0.5) is 0 Å². The number of hydrogen-bond donors (Lipinski definition) is 0. The molecule has 9 nitrogen and oxygen atoms in total. The van der Waals surface area contributed by atoms with Crippen molar-refractivity contribution in [2.75, 3.05) is 13.2 Å². The maximum atomic E-state index is 13.0. The molecule has 9 heteroatoms. The molecule has 4 aromatic rings. The number of nitrogens with zero attached hydrogens (tertiary/aromatic N) is 6. The third kappa shape index (κ3) is 4.00. The highest BCUT2D eigenvalue weighted by Crippen LogP contribution is 2.29. The fourth-order valence-electron chi connectivity index (χ4n) is 4.23. The first-order chi connectivity index (χ1) is 16.2. The Balaban J connectivity index is 1.45. The lowest BCUT2D eigenvalue weighted by Crippen LogP contribution is -2.23. The van der Waals surface area contributed by atoms with Gasteiger partial charge >= 0.3 is 6.01 Å². The second-order valence-corrected chi connectivity index (χ2v) is 9.80. The molecule has 1 saturated heterocycles. The Kier molecular flexibility index (Phi) is 5.51. The second kappa shape index (κ2) is 8.39. The smallest absolute Gasteiger partial charge is 0.306 e. The Labute approximate surface area is 197 Å². The normalized spacial score (nSPS) is 15.2. The molecule has 0 N–H and O–H groups in total. The van der Waals surface area contributed by atoms with E-state index in [0.717, 1.165) is 29.7 Å². The van der Waals surface area contributed by atoms with Crippen LogP contribution >= 0.6 is 0 Å². The van der Waals surface area contributed by atoms with Crippen LogP contribution in [0.3, 0.4) is 0 Å². The lowest BCUT2D eigenvalue weighted by Gasteiger charge is -2.22. The van der Waals surface area contributed by atoms with Crippen molar-refractivity contribution in [3.63, 3.8) is 0 Å². The van der Waals surface area contributed by atoms with Crippen molar-refractivity contribution < 1.29 is 9.47 Å². The van der Waals surface area contributed by atoms with Gasteiger partial charge in [0.1, 0.15) is 11.1 Å². The molecule has 0 bridgehead atoms. The highest BCUT2D eigenvalue weighted by molar-refractivity contribution is 5.74. The number of aryl methyl sites for hydroxylation is 1. The predicted molar refractivity (Wildman–Crippen MR) is 129 cm³/mol. The standard InChI is InChI=1S/C25H30N6O3/c1-16-21(15-30(28-16)25(2,3)4)17-6-8-19(9-7-17)34-24-27-22-20(23(32)29(24)5)14-26-31(22)18-10-12-33-13-11-18/h6-9,14-15,18H,10-13H2,1-5H3. The van der Waals surface area contributed by atoms with E-state index >= 15 is 0 Å². The van der Waals surface area contributed by atoms with Crippen LogP contribution < -0.4 is 10.3 Å². The van der Waals surface area contributed by atoms with Crippen molar-refractivity contribution in [3.8, 4) is 22.9 Å². The molecule has 3 aromatic heterocycles. The van der Waals surface area contributed by atoms with Crippen LogP contribution in [0.15, 0.2) is 41.5 Å². The maximum Gasteiger partial charge on any atom is 0.306 e. The number of ether oxygens (including phenoxy) is 2. The van der Waals surface area contributed by atoms with Gasteiger partial charge in [0, 0.05) is 32.0 Å². The molecular formula is C25H30N6O3. The van der Waals surface area contributed by atoms with Crippen LogP contribution in [0.2, 0.25) is 0 Å². The topological polar surface area (TPSA) is 89.0 Å². The Hall–Kier alpha value is -3.46. The third-order valence-electron chi connectivity index (χ3n) is 6.29. The molecule has 0 saturated carbocycles. The van der Waals surface area contributed by atoms with Gasteiger partial charge in [0.05, 0.1) is 23.5 Å². The third-order valence-corrected chi connectivity index (χ3v) is 6.29. The number of benzene rings is 1. The van der Waals surface area contributed by atoms with Crippen LogP contribution in [0.25, 0.3) is 22.2 Å². The number of rotatable bonds is 4. The lowest BCUT2D eigenvalue weighted by molar-refractivity contribution is 0.0673. The number of hydrogen-bond acceptors (Lipinski definition) is 6. The zero-order valence-electron chi connectivity index (χ0n) is 20.3. The fraction of sp³-hybridized carbons (Fsp3) is 0.440. The molecule has 1 aliphatic heterocycles. The maximum absolute atomic E-state index is 13.0. The summed E-state index contributed by atoms with van der Waals surface area (Å²) in [5.41, 5.74) is 3.38. The van der Waals surface area contributed by atoms with E-state index in [0.29, 0.717) is 30.0 Å². The summed E-state index contributed by atoms with van der Waals surface area (Å²) in [6.45, 7) is 9.76. The highest BCUT2D eigenvalue weighted by Gasteiger charge is 2.22. The molecule has 0 unspecified atom stereocenters. The summed E-state index contributed by atoms with van der Waals surface area (Å²) in [4.78, 5) is 17.6. The van der Waals surface area contributed by atoms with Crippen LogP contribution in [-0.2, 0) is 17.3 Å². The van der Waals surface area contributed by atoms with E-state index in [2.05, 4.69) is 42.1 Å². The molecule has 1 aromatic carbocycles. The first-order valence-corrected chi connectivity index (χ1v) is 11.6. The number of aromatic nitrogens is 6. The molecule has 0 spiro atoms. The molecule has 178 valence electrons. The molecule has 34 heavy (non-hydrogen) atoms. The fourth-order valence-corrected chi connectivity index (χ4v) is 4.23. The summed E-state index contributed by atoms with van der Waals surface area (Å²) >= 11 is 0. The van der Waals surface area contributed by atoms with E-state index in [9.17, 15) is 4.79 Å². The van der Waals surface area contributed by atoms with E-state index in [-0.39, 0.29) is 23.2 Å². The van der Waals surface area contributed by atoms with Gasteiger partial charge in [-0.1, -0.05) is 12.1 Å². The highest BCUT2D eigenvalue weighted by atomic mass is 16.5. The van der Waals surface area contributed by atoms with E-state index < -0.39 is 0 Å². The minimum Gasteiger partial charge on any atom is -0.425 e. The molecule has 4 heterocycles. The van der Waals surface area contributed by atoms with E-state index in [1.54, 1.807) is 13.2 Å². The first kappa shape index (κ1) is 22.3. The van der Waals surface area contributed by atoms with Crippen molar-refractivity contribution in [3.05, 3.63) is 52.7 Å². The van der Waals surface area contributed by atoms with Crippen LogP contribution in [0.5, 0.6) is 11.8 Å². The second-order valence-electron chi connectivity index (χ2n) is 9.80. The predicted octanol–water partition coefficient (Wildman–Crippen LogP) is 4.20. The molecule has 1 fully saturated rings. The van der Waals surface area contributed by atoms with Crippen molar-refractivity contribution >= 4 is 11.0 Å². The molecule has 0 amide bonds. The van der Waals surface area contributed by atoms with Gasteiger partial charge < -0.3 is 9.47 Å². The lowest BCUT2D eigenvalue weighted by atomic mass is 10.1. The SMILES string of the molecule is Cc1nn(C(C)(C)C)cc1-c1ccc(Oc2nc3c(cnn3C3CCOCC3)c(=O)n2C)cc1. The Morgan fingerprint density at radius 2 is 1.82 bits per heavy atom. The average Bonchev–Trinajstić information content (AvgIpc) is 3.42. The van der Waals surface area contributed by atoms with Crippen molar-refractivity contribution in [1.29, 1.82) is 0 Å². The average molecular weight is 463 g/mol. The summed E-state index contributed by atoms with van der Waals surface area (Å²) in [6.07, 6.45) is 5.35. The summed E-state index contributed by atoms with van der Waals surface area (Å²) in [6, 6.07) is 8.15. The number of fused-ring (bicyclic) bond motifs is 1. The molecular weight excluding hydrogens is 432 g/mol. The molecule has 0 radical (unpaired) electrons. The molecule has 0 aliphatic carbocycles. The van der Waals surface area contributed by atoms with Gasteiger partial charge in [-0.3, -0.25) is 14.0 Å².